The van der Waals surface area contributed by atoms with Crippen LogP contribution in [0, 0.1) is 5.41 Å². The Balaban J connectivity index is 2.44. The summed E-state index contributed by atoms with van der Waals surface area (Å²) in [6.45, 7) is 8.67. The quantitative estimate of drug-likeness (QED) is 0.807. The molecule has 2 atom stereocenters. The van der Waals surface area contributed by atoms with Crippen molar-refractivity contribution in [2.45, 2.75) is 64.3 Å². The average molecular weight is 272 g/mol. The zero-order valence-corrected chi connectivity index (χ0v) is 13.2. The molecule has 1 aliphatic rings. The van der Waals surface area contributed by atoms with Gasteiger partial charge in [-0.15, -0.1) is 11.8 Å². The van der Waals surface area contributed by atoms with E-state index in [1.165, 1.54) is 19.3 Å². The van der Waals surface area contributed by atoms with Gasteiger partial charge in [0, 0.05) is 17.3 Å². The molecule has 0 aromatic carbocycles. The van der Waals surface area contributed by atoms with E-state index >= 15 is 0 Å². The summed E-state index contributed by atoms with van der Waals surface area (Å²) >= 11 is 1.81. The summed E-state index contributed by atoms with van der Waals surface area (Å²) in [7, 11) is 2.03. The van der Waals surface area contributed by atoms with Crippen molar-refractivity contribution in [3.63, 3.8) is 0 Å². The molecule has 18 heavy (non-hydrogen) atoms. The predicted molar refractivity (Wildman–Crippen MR) is 80.0 cm³/mol. The molecule has 0 heterocycles. The number of rotatable bonds is 5. The van der Waals surface area contributed by atoms with E-state index in [2.05, 4.69) is 24.5 Å². The third kappa shape index (κ3) is 5.19. The Labute approximate surface area is 116 Å². The molecule has 0 bridgehead atoms. The molecule has 0 saturated heterocycles. The van der Waals surface area contributed by atoms with Crippen LogP contribution >= 0.6 is 11.8 Å². The van der Waals surface area contributed by atoms with Crippen LogP contribution in [0.15, 0.2) is 0 Å². The van der Waals surface area contributed by atoms with Crippen molar-refractivity contribution in [2.24, 2.45) is 5.41 Å². The van der Waals surface area contributed by atoms with E-state index < -0.39 is 0 Å². The van der Waals surface area contributed by atoms with Gasteiger partial charge in [-0.1, -0.05) is 13.8 Å². The molecule has 1 fully saturated rings. The highest BCUT2D eigenvalue weighted by atomic mass is 32.2. The van der Waals surface area contributed by atoms with Gasteiger partial charge in [-0.2, -0.15) is 0 Å². The maximum absolute atomic E-state index is 11.7. The molecule has 1 amide bonds. The highest BCUT2D eigenvalue weighted by Gasteiger charge is 2.34. The van der Waals surface area contributed by atoms with Crippen LogP contribution in [0.2, 0.25) is 0 Å². The van der Waals surface area contributed by atoms with E-state index in [0.717, 1.165) is 0 Å². The van der Waals surface area contributed by atoms with Crippen LogP contribution in [0.25, 0.3) is 0 Å². The van der Waals surface area contributed by atoms with E-state index in [4.69, 9.17) is 0 Å². The van der Waals surface area contributed by atoms with Gasteiger partial charge >= 0.3 is 0 Å². The zero-order chi connectivity index (χ0) is 13.8. The van der Waals surface area contributed by atoms with Crippen molar-refractivity contribution in [2.75, 3.05) is 12.8 Å². The monoisotopic (exact) mass is 272 g/mol. The first kappa shape index (κ1) is 15.8. The Kier molecular flexibility index (Phi) is 5.99. The van der Waals surface area contributed by atoms with Gasteiger partial charge in [0.15, 0.2) is 0 Å². The second-order valence-corrected chi connectivity index (χ2v) is 7.60. The number of carbonyl (C=O) groups excluding carboxylic acids is 1. The first-order chi connectivity index (χ1) is 8.34. The molecular formula is C14H28N2OS. The fraction of sp³-hybridized carbons (Fsp3) is 0.929. The maximum atomic E-state index is 11.7. The highest BCUT2D eigenvalue weighted by molar-refractivity contribution is 8.00. The van der Waals surface area contributed by atoms with Crippen molar-refractivity contribution in [3.8, 4) is 0 Å². The van der Waals surface area contributed by atoms with Gasteiger partial charge in [-0.05, 0) is 45.6 Å². The van der Waals surface area contributed by atoms with Crippen LogP contribution < -0.4 is 10.6 Å². The minimum Gasteiger partial charge on any atom is -0.353 e. The lowest BCUT2D eigenvalue weighted by atomic mass is 9.75. The van der Waals surface area contributed by atoms with E-state index in [0.29, 0.717) is 22.5 Å². The Morgan fingerprint density at radius 1 is 1.44 bits per heavy atom. The lowest BCUT2D eigenvalue weighted by Crippen LogP contribution is -2.44. The van der Waals surface area contributed by atoms with Gasteiger partial charge < -0.3 is 10.6 Å². The van der Waals surface area contributed by atoms with E-state index in [-0.39, 0.29) is 11.9 Å². The van der Waals surface area contributed by atoms with Gasteiger partial charge in [0.2, 0.25) is 5.91 Å². The van der Waals surface area contributed by atoms with Gasteiger partial charge in [0.25, 0.3) is 0 Å². The molecule has 1 aliphatic carbocycles. The Morgan fingerprint density at radius 3 is 2.67 bits per heavy atom. The Hall–Kier alpha value is -0.220. The number of carbonyl (C=O) groups is 1. The number of hydrogen-bond acceptors (Lipinski definition) is 3. The van der Waals surface area contributed by atoms with Crippen LogP contribution in [-0.2, 0) is 4.79 Å². The number of thioether (sulfide) groups is 1. The standard InChI is InChI=1S/C14H28N2OS/c1-10(2)16-13(17)9-18-12-8-14(3,4)7-6-11(12)15-5/h10-12,15H,6-9H2,1-5H3,(H,16,17). The zero-order valence-electron chi connectivity index (χ0n) is 12.4. The van der Waals surface area contributed by atoms with Crippen LogP contribution in [-0.4, -0.2) is 36.0 Å². The molecule has 3 nitrogen and oxygen atoms in total. The Morgan fingerprint density at radius 2 is 2.11 bits per heavy atom. The normalized spacial score (nSPS) is 27.2. The summed E-state index contributed by atoms with van der Waals surface area (Å²) in [6.07, 6.45) is 3.68. The highest BCUT2D eigenvalue weighted by Crippen LogP contribution is 2.40. The molecule has 0 aromatic rings. The lowest BCUT2D eigenvalue weighted by Gasteiger charge is -2.40. The third-order valence-corrected chi connectivity index (χ3v) is 4.94. The first-order valence-electron chi connectivity index (χ1n) is 6.92. The van der Waals surface area contributed by atoms with E-state index in [1.807, 2.05) is 32.7 Å². The second kappa shape index (κ2) is 6.80. The topological polar surface area (TPSA) is 41.1 Å². The molecule has 1 rings (SSSR count). The van der Waals surface area contributed by atoms with Crippen LogP contribution in [0.4, 0.5) is 0 Å². The molecule has 2 unspecified atom stereocenters. The Bertz CT molecular complexity index is 279. The van der Waals surface area contributed by atoms with Crippen molar-refractivity contribution in [3.05, 3.63) is 0 Å². The summed E-state index contributed by atoms with van der Waals surface area (Å²) in [6, 6.07) is 0.788. The smallest absolute Gasteiger partial charge is 0.230 e. The largest absolute Gasteiger partial charge is 0.353 e. The fourth-order valence-corrected chi connectivity index (χ4v) is 4.10. The van der Waals surface area contributed by atoms with Gasteiger partial charge in [-0.3, -0.25) is 4.79 Å². The summed E-state index contributed by atoms with van der Waals surface area (Å²) in [5.41, 5.74) is 0.416. The lowest BCUT2D eigenvalue weighted by molar-refractivity contribution is -0.119. The molecule has 106 valence electrons. The minimum atomic E-state index is 0.160. The van der Waals surface area contributed by atoms with E-state index in [9.17, 15) is 4.79 Å². The second-order valence-electron chi connectivity index (χ2n) is 6.37. The molecule has 0 aliphatic heterocycles. The summed E-state index contributed by atoms with van der Waals surface area (Å²) in [4.78, 5) is 11.7. The third-order valence-electron chi connectivity index (χ3n) is 3.58. The van der Waals surface area contributed by atoms with Gasteiger partial charge in [0.05, 0.1) is 5.75 Å². The molecule has 0 spiro atoms. The number of hydrogen-bond donors (Lipinski definition) is 2. The predicted octanol–water partition coefficient (Wildman–Crippen LogP) is 2.41. The fourth-order valence-electron chi connectivity index (χ4n) is 2.57. The average Bonchev–Trinajstić information content (AvgIpc) is 2.24. The maximum Gasteiger partial charge on any atom is 0.230 e. The van der Waals surface area contributed by atoms with Crippen molar-refractivity contribution < 1.29 is 4.79 Å². The van der Waals surface area contributed by atoms with Crippen molar-refractivity contribution in [1.82, 2.24) is 10.6 Å². The van der Waals surface area contributed by atoms with Crippen LogP contribution in [0.1, 0.15) is 47.0 Å². The summed E-state index contributed by atoms with van der Waals surface area (Å²) in [5.74, 6) is 0.741. The number of nitrogens with one attached hydrogen (secondary N) is 2. The number of amides is 1. The molecule has 0 aromatic heterocycles. The SMILES string of the molecule is CNC1CCC(C)(C)CC1SCC(=O)NC(C)C. The van der Waals surface area contributed by atoms with Crippen molar-refractivity contribution >= 4 is 17.7 Å². The summed E-state index contributed by atoms with van der Waals surface area (Å²) < 4.78 is 0. The molecule has 2 N–H and O–H groups in total. The van der Waals surface area contributed by atoms with Gasteiger partial charge in [0.1, 0.15) is 0 Å². The first-order valence-corrected chi connectivity index (χ1v) is 7.97. The van der Waals surface area contributed by atoms with E-state index in [1.54, 1.807) is 0 Å². The van der Waals surface area contributed by atoms with Crippen molar-refractivity contribution in [1.29, 1.82) is 0 Å². The molecular weight excluding hydrogens is 244 g/mol. The minimum absolute atomic E-state index is 0.160. The van der Waals surface area contributed by atoms with Crippen LogP contribution in [0.5, 0.6) is 0 Å². The summed E-state index contributed by atoms with van der Waals surface area (Å²) in [5, 5.41) is 6.91. The molecule has 4 heteroatoms. The van der Waals surface area contributed by atoms with Crippen LogP contribution in [0.3, 0.4) is 0 Å². The molecule has 0 radical (unpaired) electrons. The molecule has 1 saturated carbocycles. The van der Waals surface area contributed by atoms with Gasteiger partial charge in [-0.25, -0.2) is 0 Å².